The lowest BCUT2D eigenvalue weighted by Gasteiger charge is -2.32. The van der Waals surface area contributed by atoms with Gasteiger partial charge in [-0.15, -0.1) is 0 Å². The van der Waals surface area contributed by atoms with Crippen LogP contribution in [0.3, 0.4) is 0 Å². The Morgan fingerprint density at radius 2 is 1.91 bits per heavy atom. The SMILES string of the molecule is COc1cccc(CN2CCC(NC(=O)c3ccc(OCc4nccn4C)cc3)CC2)c1. The number of ether oxygens (including phenoxy) is 2. The van der Waals surface area contributed by atoms with Crippen molar-refractivity contribution < 1.29 is 14.3 Å². The molecule has 1 fully saturated rings. The number of benzene rings is 2. The van der Waals surface area contributed by atoms with Crippen molar-refractivity contribution in [1.82, 2.24) is 19.8 Å². The summed E-state index contributed by atoms with van der Waals surface area (Å²) in [7, 11) is 3.62. The number of carbonyl (C=O) groups is 1. The van der Waals surface area contributed by atoms with Crippen molar-refractivity contribution in [3.63, 3.8) is 0 Å². The van der Waals surface area contributed by atoms with Crippen molar-refractivity contribution in [2.24, 2.45) is 7.05 Å². The molecule has 0 atom stereocenters. The molecule has 1 aliphatic rings. The Morgan fingerprint density at radius 3 is 2.59 bits per heavy atom. The standard InChI is InChI=1S/C25H30N4O3/c1-28-15-12-26-24(28)18-32-22-8-6-20(7-9-22)25(30)27-21-10-13-29(14-11-21)17-19-4-3-5-23(16-19)31-2/h3-9,12,15-16,21H,10-11,13-14,17-18H2,1-2H3,(H,27,30). The number of aryl methyl sites for hydroxylation is 1. The molecular formula is C25H30N4O3. The van der Waals surface area contributed by atoms with Gasteiger partial charge in [-0.1, -0.05) is 12.1 Å². The van der Waals surface area contributed by atoms with E-state index in [9.17, 15) is 4.79 Å². The van der Waals surface area contributed by atoms with Crippen LogP contribution in [0.2, 0.25) is 0 Å². The molecular weight excluding hydrogens is 404 g/mol. The molecule has 1 aromatic heterocycles. The fourth-order valence-electron chi connectivity index (χ4n) is 3.92. The summed E-state index contributed by atoms with van der Waals surface area (Å²) >= 11 is 0. The maximum absolute atomic E-state index is 12.7. The number of nitrogens with one attached hydrogen (secondary N) is 1. The summed E-state index contributed by atoms with van der Waals surface area (Å²) in [5, 5.41) is 3.18. The van der Waals surface area contributed by atoms with Gasteiger partial charge in [0.25, 0.3) is 5.91 Å². The van der Waals surface area contributed by atoms with Gasteiger partial charge in [-0.3, -0.25) is 9.69 Å². The van der Waals surface area contributed by atoms with Crippen LogP contribution >= 0.6 is 0 Å². The second-order valence-electron chi connectivity index (χ2n) is 8.14. The second-order valence-corrected chi connectivity index (χ2v) is 8.14. The Bertz CT molecular complexity index is 1020. The summed E-state index contributed by atoms with van der Waals surface area (Å²) < 4.78 is 13.0. The molecule has 3 aromatic rings. The van der Waals surface area contributed by atoms with Crippen LogP contribution in [-0.4, -0.2) is 46.6 Å². The molecule has 1 amide bonds. The third kappa shape index (κ3) is 5.68. The average molecular weight is 435 g/mol. The maximum atomic E-state index is 12.7. The van der Waals surface area contributed by atoms with E-state index in [4.69, 9.17) is 9.47 Å². The Kier molecular flexibility index (Phi) is 7.07. The highest BCUT2D eigenvalue weighted by Crippen LogP contribution is 2.19. The van der Waals surface area contributed by atoms with E-state index in [0.29, 0.717) is 12.2 Å². The predicted molar refractivity (Wildman–Crippen MR) is 123 cm³/mol. The number of carbonyl (C=O) groups excluding carboxylic acids is 1. The lowest BCUT2D eigenvalue weighted by atomic mass is 10.0. The molecule has 0 unspecified atom stereocenters. The Morgan fingerprint density at radius 1 is 1.12 bits per heavy atom. The molecule has 1 saturated heterocycles. The van der Waals surface area contributed by atoms with Crippen LogP contribution in [0, 0.1) is 0 Å². The van der Waals surface area contributed by atoms with Gasteiger partial charge in [0.2, 0.25) is 0 Å². The van der Waals surface area contributed by atoms with Crippen LogP contribution in [-0.2, 0) is 20.2 Å². The summed E-state index contributed by atoms with van der Waals surface area (Å²) in [4.78, 5) is 19.3. The van der Waals surface area contributed by atoms with Gasteiger partial charge in [-0.05, 0) is 54.8 Å². The zero-order chi connectivity index (χ0) is 22.3. The molecule has 1 aliphatic heterocycles. The predicted octanol–water partition coefficient (Wildman–Crippen LogP) is 3.40. The normalized spacial score (nSPS) is 14.8. The molecule has 0 spiro atoms. The summed E-state index contributed by atoms with van der Waals surface area (Å²) in [6.07, 6.45) is 5.52. The zero-order valence-corrected chi connectivity index (χ0v) is 18.7. The molecule has 168 valence electrons. The smallest absolute Gasteiger partial charge is 0.251 e. The highest BCUT2D eigenvalue weighted by molar-refractivity contribution is 5.94. The van der Waals surface area contributed by atoms with Crippen LogP contribution in [0.15, 0.2) is 60.9 Å². The molecule has 1 N–H and O–H groups in total. The highest BCUT2D eigenvalue weighted by Gasteiger charge is 2.21. The first-order valence-electron chi connectivity index (χ1n) is 11.0. The molecule has 0 radical (unpaired) electrons. The van der Waals surface area contributed by atoms with Crippen molar-refractivity contribution in [1.29, 1.82) is 0 Å². The fraction of sp³-hybridized carbons (Fsp3) is 0.360. The van der Waals surface area contributed by atoms with Gasteiger partial charge >= 0.3 is 0 Å². The summed E-state index contributed by atoms with van der Waals surface area (Å²) in [6.45, 7) is 3.21. The van der Waals surface area contributed by atoms with E-state index in [0.717, 1.165) is 49.8 Å². The van der Waals surface area contributed by atoms with Crippen LogP contribution in [0.25, 0.3) is 0 Å². The van der Waals surface area contributed by atoms with Gasteiger partial charge in [0.1, 0.15) is 23.9 Å². The Hall–Kier alpha value is -3.32. The average Bonchev–Trinajstić information content (AvgIpc) is 3.24. The van der Waals surface area contributed by atoms with Crippen molar-refractivity contribution in [2.45, 2.75) is 32.0 Å². The van der Waals surface area contributed by atoms with Gasteiger partial charge in [-0.2, -0.15) is 0 Å². The lowest BCUT2D eigenvalue weighted by molar-refractivity contribution is 0.0909. The Labute approximate surface area is 189 Å². The van der Waals surface area contributed by atoms with E-state index in [1.807, 2.05) is 42.1 Å². The highest BCUT2D eigenvalue weighted by atomic mass is 16.5. The number of rotatable bonds is 8. The first-order valence-corrected chi connectivity index (χ1v) is 11.0. The van der Waals surface area contributed by atoms with E-state index < -0.39 is 0 Å². The number of piperidine rings is 1. The lowest BCUT2D eigenvalue weighted by Crippen LogP contribution is -2.44. The van der Waals surface area contributed by atoms with Gasteiger partial charge < -0.3 is 19.4 Å². The van der Waals surface area contributed by atoms with Crippen molar-refractivity contribution >= 4 is 5.91 Å². The topological polar surface area (TPSA) is 68.6 Å². The van der Waals surface area contributed by atoms with Gasteiger partial charge in [0.05, 0.1) is 7.11 Å². The fourth-order valence-corrected chi connectivity index (χ4v) is 3.92. The number of aromatic nitrogens is 2. The first-order chi connectivity index (χ1) is 15.6. The van der Waals surface area contributed by atoms with E-state index >= 15 is 0 Å². The number of amides is 1. The zero-order valence-electron chi connectivity index (χ0n) is 18.7. The molecule has 0 bridgehead atoms. The van der Waals surface area contributed by atoms with Crippen LogP contribution in [0.1, 0.15) is 34.6 Å². The van der Waals surface area contributed by atoms with Crippen molar-refractivity contribution in [2.75, 3.05) is 20.2 Å². The molecule has 7 nitrogen and oxygen atoms in total. The molecule has 4 rings (SSSR count). The van der Waals surface area contributed by atoms with Crippen molar-refractivity contribution in [3.8, 4) is 11.5 Å². The summed E-state index contributed by atoms with van der Waals surface area (Å²) in [6, 6.07) is 15.7. The quantitative estimate of drug-likeness (QED) is 0.589. The minimum Gasteiger partial charge on any atom is -0.497 e. The number of likely N-dealkylation sites (tertiary alicyclic amines) is 1. The minimum atomic E-state index is -0.0353. The third-order valence-corrected chi connectivity index (χ3v) is 5.87. The number of imidazole rings is 1. The molecule has 7 heteroatoms. The van der Waals surface area contributed by atoms with E-state index in [-0.39, 0.29) is 11.9 Å². The van der Waals surface area contributed by atoms with Gasteiger partial charge in [0, 0.05) is 50.7 Å². The monoisotopic (exact) mass is 434 g/mol. The maximum Gasteiger partial charge on any atom is 0.251 e. The molecule has 0 saturated carbocycles. The molecule has 0 aliphatic carbocycles. The molecule has 2 heterocycles. The largest absolute Gasteiger partial charge is 0.497 e. The third-order valence-electron chi connectivity index (χ3n) is 5.87. The summed E-state index contributed by atoms with van der Waals surface area (Å²) in [5.41, 5.74) is 1.89. The number of methoxy groups -OCH3 is 1. The number of hydrogen-bond acceptors (Lipinski definition) is 5. The second kappa shape index (κ2) is 10.3. The molecule has 32 heavy (non-hydrogen) atoms. The van der Waals surface area contributed by atoms with Crippen LogP contribution in [0.4, 0.5) is 0 Å². The van der Waals surface area contributed by atoms with E-state index in [1.165, 1.54) is 5.56 Å². The summed E-state index contributed by atoms with van der Waals surface area (Å²) in [5.74, 6) is 2.42. The van der Waals surface area contributed by atoms with Crippen LogP contribution < -0.4 is 14.8 Å². The first kappa shape index (κ1) is 21.9. The van der Waals surface area contributed by atoms with Gasteiger partial charge in [0.15, 0.2) is 0 Å². The van der Waals surface area contributed by atoms with Crippen LogP contribution in [0.5, 0.6) is 11.5 Å². The van der Waals surface area contributed by atoms with E-state index in [1.54, 1.807) is 25.4 Å². The van der Waals surface area contributed by atoms with E-state index in [2.05, 4.69) is 27.3 Å². The number of hydrogen-bond donors (Lipinski definition) is 1. The molecule has 2 aromatic carbocycles. The van der Waals surface area contributed by atoms with Crippen molar-refractivity contribution in [3.05, 3.63) is 77.9 Å². The Balaban J connectivity index is 1.22. The van der Waals surface area contributed by atoms with Gasteiger partial charge in [-0.25, -0.2) is 4.98 Å². The minimum absolute atomic E-state index is 0.0353. The number of nitrogens with zero attached hydrogens (tertiary/aromatic N) is 3.